The minimum absolute atomic E-state index is 0.0552. The van der Waals surface area contributed by atoms with Crippen LogP contribution in [0.2, 0.25) is 0 Å². The molecule has 14 heteroatoms. The fourth-order valence-corrected chi connectivity index (χ4v) is 7.28. The first-order chi connectivity index (χ1) is 26.0. The highest BCUT2D eigenvalue weighted by molar-refractivity contribution is 7.17. The summed E-state index contributed by atoms with van der Waals surface area (Å²) >= 11 is 1.53. The molecule has 5 rings (SSSR count). The van der Waals surface area contributed by atoms with Crippen molar-refractivity contribution >= 4 is 61.9 Å². The number of aromatic amines is 1. The summed E-state index contributed by atoms with van der Waals surface area (Å²) in [4.78, 5) is 70.9. The van der Waals surface area contributed by atoms with Gasteiger partial charge in [0.2, 0.25) is 29.5 Å². The zero-order chi connectivity index (χ0) is 38.6. The van der Waals surface area contributed by atoms with E-state index in [0.29, 0.717) is 19.4 Å². The summed E-state index contributed by atoms with van der Waals surface area (Å²) in [5, 5.41) is 15.0. The lowest BCUT2D eigenvalue weighted by Crippen LogP contribution is -2.59. The number of unbranched alkanes of at least 4 members (excludes halogenated alkanes) is 1. The van der Waals surface area contributed by atoms with E-state index in [9.17, 15) is 24.0 Å². The van der Waals surface area contributed by atoms with Crippen molar-refractivity contribution in [2.75, 3.05) is 6.54 Å². The third kappa shape index (κ3) is 10.5. The molecule has 0 bridgehead atoms. The van der Waals surface area contributed by atoms with Gasteiger partial charge in [-0.2, -0.15) is 0 Å². The van der Waals surface area contributed by atoms with Crippen molar-refractivity contribution in [2.45, 2.75) is 75.7 Å². The zero-order valence-electron chi connectivity index (χ0n) is 30.2. The molecule has 54 heavy (non-hydrogen) atoms. The number of amides is 5. The second-order valence-electron chi connectivity index (χ2n) is 13.4. The molecule has 13 nitrogen and oxygen atoms in total. The van der Waals surface area contributed by atoms with Crippen molar-refractivity contribution in [3.8, 4) is 0 Å². The molecule has 5 atom stereocenters. The Bertz CT molecular complexity index is 2060. The average Bonchev–Trinajstić information content (AvgIpc) is 3.77. The van der Waals surface area contributed by atoms with Crippen LogP contribution in [0, 0.1) is 0 Å². The van der Waals surface area contributed by atoms with E-state index in [2.05, 4.69) is 26.3 Å². The number of nitrogens with one attached hydrogen (secondary N) is 5. The molecule has 284 valence electrons. The lowest BCUT2D eigenvalue weighted by atomic mass is 10.00. The van der Waals surface area contributed by atoms with Crippen LogP contribution in [0.5, 0.6) is 0 Å². The number of hydrogen-bond acceptors (Lipinski definition) is 8. The fraction of sp³-hybridized carbons (Fsp3) is 0.325. The first-order valence-electron chi connectivity index (χ1n) is 18.0. The van der Waals surface area contributed by atoms with Gasteiger partial charge in [-0.15, -0.1) is 11.3 Å². The number of benzene rings is 3. The van der Waals surface area contributed by atoms with Gasteiger partial charge in [-0.25, -0.2) is 0 Å². The normalized spacial score (nSPS) is 14.1. The van der Waals surface area contributed by atoms with Gasteiger partial charge in [0.15, 0.2) is 0 Å². The third-order valence-corrected chi connectivity index (χ3v) is 10.3. The maximum Gasteiger partial charge on any atom is 0.243 e. The molecule has 11 N–H and O–H groups in total. The largest absolute Gasteiger partial charge is 0.368 e. The number of aromatic nitrogens is 1. The van der Waals surface area contributed by atoms with Crippen LogP contribution in [0.25, 0.3) is 21.0 Å². The lowest BCUT2D eigenvalue weighted by Gasteiger charge is -2.26. The Balaban J connectivity index is 1.45. The van der Waals surface area contributed by atoms with Crippen LogP contribution in [-0.2, 0) is 43.2 Å². The van der Waals surface area contributed by atoms with Crippen molar-refractivity contribution in [3.05, 3.63) is 107 Å². The Morgan fingerprint density at radius 1 is 0.667 bits per heavy atom. The van der Waals surface area contributed by atoms with E-state index in [1.807, 2.05) is 84.2 Å². The first-order valence-corrected chi connectivity index (χ1v) is 18.9. The van der Waals surface area contributed by atoms with Gasteiger partial charge in [0, 0.05) is 41.1 Å². The highest BCUT2D eigenvalue weighted by Gasteiger charge is 2.32. The average molecular weight is 753 g/mol. The van der Waals surface area contributed by atoms with Crippen LogP contribution in [0.3, 0.4) is 0 Å². The molecule has 0 aliphatic rings. The van der Waals surface area contributed by atoms with Gasteiger partial charge in [-0.1, -0.05) is 66.7 Å². The maximum absolute atomic E-state index is 14.4. The number of fused-ring (bicyclic) bond motifs is 2. The van der Waals surface area contributed by atoms with E-state index < -0.39 is 59.7 Å². The number of thiophene rings is 1. The molecule has 0 aliphatic heterocycles. The van der Waals surface area contributed by atoms with E-state index in [-0.39, 0.29) is 25.7 Å². The Kier molecular flexibility index (Phi) is 13.9. The maximum atomic E-state index is 14.4. The number of primary amides is 1. The number of carbonyl (C=O) groups excluding carboxylic acids is 5. The first kappa shape index (κ1) is 39.6. The fourth-order valence-electron chi connectivity index (χ4n) is 6.31. The molecule has 0 aliphatic carbocycles. The van der Waals surface area contributed by atoms with Gasteiger partial charge in [0.05, 0.1) is 6.04 Å². The van der Waals surface area contributed by atoms with E-state index in [0.717, 1.165) is 37.7 Å². The Hall–Kier alpha value is -5.57. The Morgan fingerprint density at radius 2 is 1.22 bits per heavy atom. The van der Waals surface area contributed by atoms with Crippen molar-refractivity contribution in [2.24, 2.45) is 17.2 Å². The molecule has 0 unspecified atom stereocenters. The van der Waals surface area contributed by atoms with Crippen LogP contribution in [0.4, 0.5) is 0 Å². The third-order valence-electron chi connectivity index (χ3n) is 9.29. The summed E-state index contributed by atoms with van der Waals surface area (Å²) in [6, 6.07) is 19.2. The van der Waals surface area contributed by atoms with Crippen molar-refractivity contribution in [3.63, 3.8) is 0 Å². The summed E-state index contributed by atoms with van der Waals surface area (Å²) < 4.78 is 1.03. The molecule has 5 aromatic rings. The second kappa shape index (κ2) is 19.0. The molecule has 0 saturated heterocycles. The molecule has 2 heterocycles. The van der Waals surface area contributed by atoms with Gasteiger partial charge >= 0.3 is 0 Å². The van der Waals surface area contributed by atoms with Crippen molar-refractivity contribution < 1.29 is 24.0 Å². The molecule has 0 radical (unpaired) electrons. The molecule has 0 fully saturated rings. The van der Waals surface area contributed by atoms with Crippen LogP contribution >= 0.6 is 11.3 Å². The summed E-state index contributed by atoms with van der Waals surface area (Å²) in [5.41, 5.74) is 20.4. The standard InChI is InChI=1S/C40H48N8O5S/c1-24(42)37(50)46-34(21-27-23-54-35-17-8-6-14-29(27)35)40(53)48-33(20-26-22-44-30-15-7-5-13-28(26)30)39(52)47-32(19-25-11-3-2-4-12-25)38(51)45-31(36(43)49)16-9-10-18-41/h2-8,11-15,17,22-24,31-34,44H,9-10,16,18-21,41-42H2,1H3,(H2,43,49)(H,45,51)(H,46,50)(H,47,52)(H,48,53)/t24-,31-,32+,33-,34-/m1/s1. The summed E-state index contributed by atoms with van der Waals surface area (Å²) in [6.07, 6.45) is 3.58. The molecule has 5 amide bonds. The lowest BCUT2D eigenvalue weighted by molar-refractivity contribution is -0.134. The molecular formula is C40H48N8O5S. The van der Waals surface area contributed by atoms with Crippen LogP contribution in [0.1, 0.15) is 42.9 Å². The van der Waals surface area contributed by atoms with Gasteiger partial charge < -0.3 is 43.5 Å². The SMILES string of the molecule is C[C@@H](N)C(=O)N[C@H](Cc1csc2ccccc12)C(=O)N[C@H](Cc1c[nH]c2ccccc12)C(=O)N[C@@H](Cc1ccccc1)C(=O)N[C@H](CCCCN)C(N)=O. The smallest absolute Gasteiger partial charge is 0.243 e. The molecule has 2 aromatic heterocycles. The van der Waals surface area contributed by atoms with E-state index in [1.165, 1.54) is 18.3 Å². The predicted molar refractivity (Wildman–Crippen MR) is 211 cm³/mol. The van der Waals surface area contributed by atoms with Gasteiger partial charge in [-0.3, -0.25) is 24.0 Å². The molecule has 0 saturated carbocycles. The monoisotopic (exact) mass is 752 g/mol. The molecular weight excluding hydrogens is 705 g/mol. The van der Waals surface area contributed by atoms with Crippen molar-refractivity contribution in [1.29, 1.82) is 0 Å². The highest BCUT2D eigenvalue weighted by atomic mass is 32.1. The summed E-state index contributed by atoms with van der Waals surface area (Å²) in [6.45, 7) is 1.95. The number of hydrogen-bond donors (Lipinski definition) is 8. The number of nitrogens with two attached hydrogens (primary N) is 3. The van der Waals surface area contributed by atoms with Crippen LogP contribution in [0.15, 0.2) is 90.4 Å². The Morgan fingerprint density at radius 3 is 1.87 bits per heavy atom. The number of H-pyrrole nitrogens is 1. The van der Waals surface area contributed by atoms with Crippen LogP contribution < -0.4 is 38.5 Å². The zero-order valence-corrected chi connectivity index (χ0v) is 31.0. The predicted octanol–water partition coefficient (Wildman–Crippen LogP) is 2.31. The Labute approximate surface area is 317 Å². The molecule has 0 spiro atoms. The van der Waals surface area contributed by atoms with Crippen LogP contribution in [-0.4, -0.2) is 71.3 Å². The highest BCUT2D eigenvalue weighted by Crippen LogP contribution is 2.27. The van der Waals surface area contributed by atoms with Gasteiger partial charge in [0.1, 0.15) is 24.2 Å². The number of carbonyl (C=O) groups is 5. The minimum atomic E-state index is -1.19. The minimum Gasteiger partial charge on any atom is -0.368 e. The number of rotatable bonds is 19. The summed E-state index contributed by atoms with van der Waals surface area (Å²) in [5.74, 6) is -3.07. The van der Waals surface area contributed by atoms with Gasteiger partial charge in [-0.05, 0) is 72.3 Å². The van der Waals surface area contributed by atoms with E-state index in [1.54, 1.807) is 6.20 Å². The van der Waals surface area contributed by atoms with E-state index >= 15 is 0 Å². The number of para-hydroxylation sites is 1. The van der Waals surface area contributed by atoms with E-state index in [4.69, 9.17) is 17.2 Å². The summed E-state index contributed by atoms with van der Waals surface area (Å²) in [7, 11) is 0. The van der Waals surface area contributed by atoms with Crippen molar-refractivity contribution in [1.82, 2.24) is 26.3 Å². The van der Waals surface area contributed by atoms with Gasteiger partial charge in [0.25, 0.3) is 0 Å². The quantitative estimate of drug-likeness (QED) is 0.0587. The second-order valence-corrected chi connectivity index (χ2v) is 14.3. The topological polar surface area (TPSA) is 227 Å². The molecule has 3 aromatic carbocycles.